The molecule has 0 aliphatic heterocycles. The van der Waals surface area contributed by atoms with E-state index in [0.29, 0.717) is 17.0 Å². The number of carboxylic acid groups (broad SMARTS) is 1. The molecular formula is C18H19NO4. The van der Waals surface area contributed by atoms with Gasteiger partial charge in [-0.25, -0.2) is 4.79 Å². The molecule has 0 aromatic heterocycles. The van der Waals surface area contributed by atoms with Crippen LogP contribution in [-0.4, -0.2) is 23.1 Å². The average Bonchev–Trinajstić information content (AvgIpc) is 2.55. The van der Waals surface area contributed by atoms with Crippen LogP contribution in [0.2, 0.25) is 0 Å². The summed E-state index contributed by atoms with van der Waals surface area (Å²) < 4.78 is 5.70. The number of amides is 1. The van der Waals surface area contributed by atoms with Crippen LogP contribution in [0.1, 0.15) is 41.0 Å². The van der Waals surface area contributed by atoms with E-state index in [9.17, 15) is 9.59 Å². The second-order valence-electron chi connectivity index (χ2n) is 5.20. The number of rotatable bonds is 6. The van der Waals surface area contributed by atoms with Crippen LogP contribution >= 0.6 is 0 Å². The summed E-state index contributed by atoms with van der Waals surface area (Å²) in [6, 6.07) is 13.0. The van der Waals surface area contributed by atoms with Crippen molar-refractivity contribution in [3.8, 4) is 5.75 Å². The van der Waals surface area contributed by atoms with Crippen LogP contribution in [0.25, 0.3) is 0 Å². The van der Waals surface area contributed by atoms with Gasteiger partial charge in [0, 0.05) is 11.3 Å². The van der Waals surface area contributed by atoms with Crippen molar-refractivity contribution in [1.29, 1.82) is 0 Å². The molecule has 5 heteroatoms. The van der Waals surface area contributed by atoms with Gasteiger partial charge in [0.15, 0.2) is 0 Å². The first kappa shape index (κ1) is 16.5. The lowest BCUT2D eigenvalue weighted by molar-refractivity contribution is 0.0696. The molecule has 1 unspecified atom stereocenters. The SMILES string of the molecule is CCC(C)Oc1cccc(C(=O)Nc2ccc(C(=O)O)cc2)c1. The van der Waals surface area contributed by atoms with Gasteiger partial charge in [-0.15, -0.1) is 0 Å². The number of nitrogens with one attached hydrogen (secondary N) is 1. The van der Waals surface area contributed by atoms with E-state index in [4.69, 9.17) is 9.84 Å². The minimum absolute atomic E-state index is 0.0804. The highest BCUT2D eigenvalue weighted by atomic mass is 16.5. The Hall–Kier alpha value is -2.82. The van der Waals surface area contributed by atoms with Gasteiger partial charge >= 0.3 is 5.97 Å². The minimum Gasteiger partial charge on any atom is -0.491 e. The highest BCUT2D eigenvalue weighted by molar-refractivity contribution is 6.04. The van der Waals surface area contributed by atoms with Crippen LogP contribution in [-0.2, 0) is 0 Å². The topological polar surface area (TPSA) is 75.6 Å². The summed E-state index contributed by atoms with van der Waals surface area (Å²) in [6.07, 6.45) is 0.962. The van der Waals surface area contributed by atoms with E-state index < -0.39 is 5.97 Å². The van der Waals surface area contributed by atoms with Crippen LogP contribution in [0.15, 0.2) is 48.5 Å². The maximum Gasteiger partial charge on any atom is 0.335 e. The van der Waals surface area contributed by atoms with Gasteiger partial charge in [0.05, 0.1) is 11.7 Å². The lowest BCUT2D eigenvalue weighted by atomic mass is 10.1. The third-order valence-corrected chi connectivity index (χ3v) is 3.40. The van der Waals surface area contributed by atoms with Gasteiger partial charge in [0.1, 0.15) is 5.75 Å². The van der Waals surface area contributed by atoms with Gasteiger partial charge in [-0.2, -0.15) is 0 Å². The number of aromatic carboxylic acids is 1. The summed E-state index contributed by atoms with van der Waals surface area (Å²) in [6.45, 7) is 4.00. The van der Waals surface area contributed by atoms with Gasteiger partial charge in [-0.05, 0) is 55.8 Å². The van der Waals surface area contributed by atoms with E-state index in [1.165, 1.54) is 12.1 Å². The first-order valence-corrected chi connectivity index (χ1v) is 7.41. The van der Waals surface area contributed by atoms with E-state index in [2.05, 4.69) is 5.32 Å². The van der Waals surface area contributed by atoms with Crippen molar-refractivity contribution >= 4 is 17.6 Å². The zero-order valence-electron chi connectivity index (χ0n) is 13.1. The van der Waals surface area contributed by atoms with Crippen molar-refractivity contribution in [3.05, 3.63) is 59.7 Å². The third kappa shape index (κ3) is 4.57. The van der Waals surface area contributed by atoms with Crippen molar-refractivity contribution in [2.45, 2.75) is 26.4 Å². The number of hydrogen-bond donors (Lipinski definition) is 2. The highest BCUT2D eigenvalue weighted by Crippen LogP contribution is 2.17. The smallest absolute Gasteiger partial charge is 0.335 e. The fraction of sp³-hybridized carbons (Fsp3) is 0.222. The first-order valence-electron chi connectivity index (χ1n) is 7.41. The Morgan fingerprint density at radius 2 is 1.83 bits per heavy atom. The number of benzene rings is 2. The van der Waals surface area contributed by atoms with Crippen LogP contribution < -0.4 is 10.1 Å². The number of ether oxygens (including phenoxy) is 1. The van der Waals surface area contributed by atoms with Crippen LogP contribution in [0, 0.1) is 0 Å². The molecule has 1 amide bonds. The van der Waals surface area contributed by atoms with E-state index in [1.807, 2.05) is 19.9 Å². The quantitative estimate of drug-likeness (QED) is 0.850. The molecule has 0 saturated carbocycles. The second kappa shape index (κ2) is 7.45. The molecule has 2 rings (SSSR count). The van der Waals surface area contributed by atoms with Crippen molar-refractivity contribution in [3.63, 3.8) is 0 Å². The standard InChI is InChI=1S/C18H19NO4/c1-3-12(2)23-16-6-4-5-14(11-16)17(20)19-15-9-7-13(8-10-15)18(21)22/h4-12H,3H2,1-2H3,(H,19,20)(H,21,22). The minimum atomic E-state index is -1.00. The van der Waals surface area contributed by atoms with Gasteiger partial charge in [0.2, 0.25) is 0 Å². The Bertz CT molecular complexity index is 694. The van der Waals surface area contributed by atoms with E-state index in [0.717, 1.165) is 6.42 Å². The molecule has 0 radical (unpaired) electrons. The summed E-state index contributed by atoms with van der Waals surface area (Å²) >= 11 is 0. The molecule has 2 aromatic rings. The van der Waals surface area contributed by atoms with Crippen LogP contribution in [0.3, 0.4) is 0 Å². The molecule has 5 nitrogen and oxygen atoms in total. The monoisotopic (exact) mass is 313 g/mol. The van der Waals surface area contributed by atoms with Gasteiger partial charge in [-0.3, -0.25) is 4.79 Å². The fourth-order valence-corrected chi connectivity index (χ4v) is 1.93. The molecule has 23 heavy (non-hydrogen) atoms. The van der Waals surface area contributed by atoms with E-state index in [-0.39, 0.29) is 17.6 Å². The van der Waals surface area contributed by atoms with Crippen molar-refractivity contribution in [1.82, 2.24) is 0 Å². The maximum atomic E-state index is 12.3. The summed E-state index contributed by atoms with van der Waals surface area (Å²) in [4.78, 5) is 23.1. The predicted molar refractivity (Wildman–Crippen MR) is 88.2 cm³/mol. The number of hydrogen-bond acceptors (Lipinski definition) is 3. The summed E-state index contributed by atoms with van der Waals surface area (Å²) in [5.74, 6) is -0.631. The molecule has 1 atom stereocenters. The Kier molecular flexibility index (Phi) is 5.36. The molecule has 0 aliphatic carbocycles. The van der Waals surface area contributed by atoms with Crippen molar-refractivity contribution < 1.29 is 19.4 Å². The zero-order valence-corrected chi connectivity index (χ0v) is 13.1. The lowest BCUT2D eigenvalue weighted by Crippen LogP contribution is -2.13. The Balaban J connectivity index is 2.08. The summed E-state index contributed by atoms with van der Waals surface area (Å²) in [5, 5.41) is 11.6. The van der Waals surface area contributed by atoms with Gasteiger partial charge < -0.3 is 15.2 Å². The molecule has 2 aromatic carbocycles. The number of carbonyl (C=O) groups excluding carboxylic acids is 1. The van der Waals surface area contributed by atoms with Crippen molar-refractivity contribution in [2.24, 2.45) is 0 Å². The molecule has 0 aliphatic rings. The lowest BCUT2D eigenvalue weighted by Gasteiger charge is -2.13. The average molecular weight is 313 g/mol. The zero-order chi connectivity index (χ0) is 16.8. The molecular weight excluding hydrogens is 294 g/mol. The molecule has 0 saturated heterocycles. The molecule has 0 spiro atoms. The number of carbonyl (C=O) groups is 2. The normalized spacial score (nSPS) is 11.6. The number of anilines is 1. The highest BCUT2D eigenvalue weighted by Gasteiger charge is 2.09. The molecule has 120 valence electrons. The maximum absolute atomic E-state index is 12.3. The molecule has 0 fully saturated rings. The van der Waals surface area contributed by atoms with Crippen molar-refractivity contribution in [2.75, 3.05) is 5.32 Å². The fourth-order valence-electron chi connectivity index (χ4n) is 1.93. The Morgan fingerprint density at radius 1 is 1.13 bits per heavy atom. The molecule has 0 heterocycles. The Labute approximate surface area is 134 Å². The predicted octanol–water partition coefficient (Wildman–Crippen LogP) is 3.81. The molecule has 0 bridgehead atoms. The van der Waals surface area contributed by atoms with Crippen LogP contribution in [0.4, 0.5) is 5.69 Å². The van der Waals surface area contributed by atoms with E-state index in [1.54, 1.807) is 30.3 Å². The van der Waals surface area contributed by atoms with Crippen LogP contribution in [0.5, 0.6) is 5.75 Å². The van der Waals surface area contributed by atoms with Gasteiger partial charge in [-0.1, -0.05) is 13.0 Å². The Morgan fingerprint density at radius 3 is 2.43 bits per heavy atom. The summed E-state index contributed by atoms with van der Waals surface area (Å²) in [7, 11) is 0. The first-order chi connectivity index (χ1) is 11.0. The van der Waals surface area contributed by atoms with Gasteiger partial charge in [0.25, 0.3) is 5.91 Å². The summed E-state index contributed by atoms with van der Waals surface area (Å²) in [5.41, 5.74) is 1.19. The largest absolute Gasteiger partial charge is 0.491 e. The van der Waals surface area contributed by atoms with E-state index >= 15 is 0 Å². The third-order valence-electron chi connectivity index (χ3n) is 3.40. The second-order valence-corrected chi connectivity index (χ2v) is 5.20. The molecule has 2 N–H and O–H groups in total. The number of carboxylic acids is 1.